The van der Waals surface area contributed by atoms with E-state index in [9.17, 15) is 9.59 Å². The van der Waals surface area contributed by atoms with Crippen LogP contribution < -0.4 is 5.73 Å². The summed E-state index contributed by atoms with van der Waals surface area (Å²) in [4.78, 5) is 26.4. The summed E-state index contributed by atoms with van der Waals surface area (Å²) in [5.41, 5.74) is 8.02. The summed E-state index contributed by atoms with van der Waals surface area (Å²) >= 11 is 0. The van der Waals surface area contributed by atoms with E-state index in [0.717, 1.165) is 13.1 Å². The van der Waals surface area contributed by atoms with Gasteiger partial charge in [0.25, 0.3) is 0 Å². The van der Waals surface area contributed by atoms with Crippen molar-refractivity contribution in [1.29, 1.82) is 0 Å². The molecule has 0 saturated carbocycles. The Morgan fingerprint density at radius 3 is 2.40 bits per heavy atom. The SMILES string of the molecule is NC1=C(CN2CCOCC2)C(=O)C(=O)c2ccccc21. The number of ether oxygens (including phenoxy) is 1. The van der Waals surface area contributed by atoms with E-state index in [1.54, 1.807) is 18.2 Å². The van der Waals surface area contributed by atoms with Gasteiger partial charge in [0.15, 0.2) is 0 Å². The molecule has 1 aliphatic carbocycles. The topological polar surface area (TPSA) is 72.6 Å². The Labute approximate surface area is 117 Å². The first-order valence-electron chi connectivity index (χ1n) is 6.65. The van der Waals surface area contributed by atoms with Crippen molar-refractivity contribution in [3.63, 3.8) is 0 Å². The molecule has 2 N–H and O–H groups in total. The largest absolute Gasteiger partial charge is 0.398 e. The molecule has 1 saturated heterocycles. The average Bonchev–Trinajstić information content (AvgIpc) is 2.50. The summed E-state index contributed by atoms with van der Waals surface area (Å²) in [6, 6.07) is 6.99. The summed E-state index contributed by atoms with van der Waals surface area (Å²) in [5.74, 6) is -0.939. The van der Waals surface area contributed by atoms with Gasteiger partial charge in [-0.15, -0.1) is 0 Å². The maximum atomic E-state index is 12.2. The van der Waals surface area contributed by atoms with Crippen LogP contribution >= 0.6 is 0 Å². The molecule has 1 heterocycles. The molecule has 0 amide bonds. The van der Waals surface area contributed by atoms with E-state index in [1.165, 1.54) is 0 Å². The Hall–Kier alpha value is -1.98. The third-order valence-electron chi connectivity index (χ3n) is 3.75. The van der Waals surface area contributed by atoms with Gasteiger partial charge >= 0.3 is 0 Å². The number of rotatable bonds is 2. The molecule has 20 heavy (non-hydrogen) atoms. The number of nitrogens with zero attached hydrogens (tertiary/aromatic N) is 1. The second kappa shape index (κ2) is 5.19. The number of carbonyl (C=O) groups is 2. The highest BCUT2D eigenvalue weighted by Crippen LogP contribution is 2.26. The number of fused-ring (bicyclic) bond motifs is 1. The van der Waals surface area contributed by atoms with E-state index in [0.29, 0.717) is 42.2 Å². The minimum Gasteiger partial charge on any atom is -0.398 e. The Kier molecular flexibility index (Phi) is 3.38. The average molecular weight is 272 g/mol. The standard InChI is InChI=1S/C15H16N2O3/c16-13-10-3-1-2-4-11(10)14(18)15(19)12(13)9-17-5-7-20-8-6-17/h1-4H,5-9,16H2. The van der Waals surface area contributed by atoms with Gasteiger partial charge in [0.2, 0.25) is 11.6 Å². The van der Waals surface area contributed by atoms with Crippen LogP contribution in [0.2, 0.25) is 0 Å². The first kappa shape index (κ1) is 13.0. The third-order valence-corrected chi connectivity index (χ3v) is 3.75. The Bertz CT molecular complexity index is 601. The number of morpholine rings is 1. The van der Waals surface area contributed by atoms with Crippen LogP contribution in [0.25, 0.3) is 5.70 Å². The minimum absolute atomic E-state index is 0.403. The van der Waals surface area contributed by atoms with Gasteiger partial charge in [0.05, 0.1) is 13.2 Å². The zero-order valence-corrected chi connectivity index (χ0v) is 11.1. The molecule has 0 spiro atoms. The Morgan fingerprint density at radius 2 is 1.70 bits per heavy atom. The van der Waals surface area contributed by atoms with Crippen molar-refractivity contribution in [1.82, 2.24) is 4.90 Å². The summed E-state index contributed by atoms with van der Waals surface area (Å²) in [5, 5.41) is 0. The normalized spacial score (nSPS) is 20.2. The number of carbonyl (C=O) groups excluding carboxylic acids is 2. The van der Waals surface area contributed by atoms with Crippen LogP contribution in [0.4, 0.5) is 0 Å². The zero-order valence-electron chi connectivity index (χ0n) is 11.1. The lowest BCUT2D eigenvalue weighted by Gasteiger charge is -2.29. The van der Waals surface area contributed by atoms with Gasteiger partial charge in [-0.1, -0.05) is 24.3 Å². The second-order valence-electron chi connectivity index (χ2n) is 4.98. The third kappa shape index (κ3) is 2.15. The predicted octanol–water partition coefficient (Wildman–Crippen LogP) is 0.454. The van der Waals surface area contributed by atoms with E-state index in [-0.39, 0.29) is 0 Å². The maximum absolute atomic E-state index is 12.2. The van der Waals surface area contributed by atoms with Crippen LogP contribution in [0.1, 0.15) is 15.9 Å². The molecule has 5 heteroatoms. The van der Waals surface area contributed by atoms with Crippen molar-refractivity contribution in [3.05, 3.63) is 41.0 Å². The summed E-state index contributed by atoms with van der Waals surface area (Å²) in [7, 11) is 0. The van der Waals surface area contributed by atoms with Gasteiger partial charge in [-0.2, -0.15) is 0 Å². The number of benzene rings is 1. The van der Waals surface area contributed by atoms with Crippen LogP contribution in [-0.2, 0) is 9.53 Å². The molecule has 1 aromatic carbocycles. The monoisotopic (exact) mass is 272 g/mol. The predicted molar refractivity (Wildman–Crippen MR) is 74.1 cm³/mol. The van der Waals surface area contributed by atoms with E-state index in [2.05, 4.69) is 4.90 Å². The number of Topliss-reactive ketones (excluding diaryl/α,β-unsaturated/α-hetero) is 2. The summed E-state index contributed by atoms with van der Waals surface area (Å²) in [6.45, 7) is 3.20. The van der Waals surface area contributed by atoms with Gasteiger partial charge in [-0.3, -0.25) is 14.5 Å². The van der Waals surface area contributed by atoms with Crippen molar-refractivity contribution < 1.29 is 14.3 Å². The van der Waals surface area contributed by atoms with E-state index in [4.69, 9.17) is 10.5 Å². The van der Waals surface area contributed by atoms with E-state index < -0.39 is 11.6 Å². The van der Waals surface area contributed by atoms with Gasteiger partial charge in [-0.25, -0.2) is 0 Å². The molecule has 1 fully saturated rings. The van der Waals surface area contributed by atoms with Gasteiger partial charge in [-0.05, 0) is 0 Å². The lowest BCUT2D eigenvalue weighted by atomic mass is 9.87. The Balaban J connectivity index is 1.96. The summed E-state index contributed by atoms with van der Waals surface area (Å²) in [6.07, 6.45) is 0. The number of ketones is 2. The molecule has 2 aliphatic rings. The lowest BCUT2D eigenvalue weighted by molar-refractivity contribution is -0.112. The van der Waals surface area contributed by atoms with Crippen molar-refractivity contribution in [2.24, 2.45) is 5.73 Å². The molecule has 1 aliphatic heterocycles. The first-order chi connectivity index (χ1) is 9.68. The van der Waals surface area contributed by atoms with Gasteiger partial charge < -0.3 is 10.5 Å². The highest BCUT2D eigenvalue weighted by atomic mass is 16.5. The molecule has 1 aromatic rings. The molecule has 0 bridgehead atoms. The molecule has 3 rings (SSSR count). The van der Waals surface area contributed by atoms with Gasteiger partial charge in [0, 0.05) is 42.0 Å². The second-order valence-corrected chi connectivity index (χ2v) is 4.98. The molecular weight excluding hydrogens is 256 g/mol. The number of hydrogen-bond acceptors (Lipinski definition) is 5. The molecule has 0 aromatic heterocycles. The first-order valence-corrected chi connectivity index (χ1v) is 6.65. The van der Waals surface area contributed by atoms with Gasteiger partial charge in [0.1, 0.15) is 0 Å². The van der Waals surface area contributed by atoms with Crippen LogP contribution in [0.15, 0.2) is 29.8 Å². The molecule has 5 nitrogen and oxygen atoms in total. The quantitative estimate of drug-likeness (QED) is 0.792. The molecule has 0 atom stereocenters. The zero-order chi connectivity index (χ0) is 14.1. The van der Waals surface area contributed by atoms with Crippen molar-refractivity contribution in [2.75, 3.05) is 32.8 Å². The molecular formula is C15H16N2O3. The number of nitrogens with two attached hydrogens (primary N) is 1. The van der Waals surface area contributed by atoms with Crippen LogP contribution in [0, 0.1) is 0 Å². The fraction of sp³-hybridized carbons (Fsp3) is 0.333. The van der Waals surface area contributed by atoms with Crippen molar-refractivity contribution in [3.8, 4) is 0 Å². The summed E-state index contributed by atoms with van der Waals surface area (Å²) < 4.78 is 5.28. The van der Waals surface area contributed by atoms with Crippen LogP contribution in [-0.4, -0.2) is 49.3 Å². The van der Waals surface area contributed by atoms with E-state index in [1.807, 2.05) is 6.07 Å². The maximum Gasteiger partial charge on any atom is 0.233 e. The lowest BCUT2D eigenvalue weighted by Crippen LogP contribution is -2.40. The molecule has 104 valence electrons. The number of hydrogen-bond donors (Lipinski definition) is 1. The highest BCUT2D eigenvalue weighted by molar-refractivity contribution is 6.52. The molecule has 0 unspecified atom stereocenters. The molecule has 0 radical (unpaired) electrons. The fourth-order valence-electron chi connectivity index (χ4n) is 2.60. The van der Waals surface area contributed by atoms with Crippen molar-refractivity contribution in [2.45, 2.75) is 0 Å². The Morgan fingerprint density at radius 1 is 1.05 bits per heavy atom. The minimum atomic E-state index is -0.479. The van der Waals surface area contributed by atoms with E-state index >= 15 is 0 Å². The van der Waals surface area contributed by atoms with Crippen LogP contribution in [0.3, 0.4) is 0 Å². The van der Waals surface area contributed by atoms with Crippen molar-refractivity contribution >= 4 is 17.3 Å². The fourth-order valence-corrected chi connectivity index (χ4v) is 2.60. The highest BCUT2D eigenvalue weighted by Gasteiger charge is 2.32. The smallest absolute Gasteiger partial charge is 0.233 e. The van der Waals surface area contributed by atoms with Crippen LogP contribution in [0.5, 0.6) is 0 Å².